The summed E-state index contributed by atoms with van der Waals surface area (Å²) in [7, 11) is 0. The molecular weight excluding hydrogens is 511 g/mol. The first kappa shape index (κ1) is 23.6. The van der Waals surface area contributed by atoms with Crippen molar-refractivity contribution in [3.8, 4) is 6.07 Å². The summed E-state index contributed by atoms with van der Waals surface area (Å²) in [5.41, 5.74) is 3.11. The van der Waals surface area contributed by atoms with E-state index >= 15 is 0 Å². The van der Waals surface area contributed by atoms with Gasteiger partial charge in [-0.3, -0.25) is 0 Å². The fraction of sp³-hybridized carbons (Fsp3) is 0.129. The van der Waals surface area contributed by atoms with Gasteiger partial charge in [0.05, 0.1) is 0 Å². The minimum absolute atomic E-state index is 0.699. The van der Waals surface area contributed by atoms with Crippen LogP contribution < -0.4 is 15.9 Å². The summed E-state index contributed by atoms with van der Waals surface area (Å²) in [6, 6.07) is 43.4. The fourth-order valence-corrected chi connectivity index (χ4v) is 12.8. The quantitative estimate of drug-likeness (QED) is 0.200. The first-order valence-electron chi connectivity index (χ1n) is 12.0. The Bertz CT molecular complexity index is 1400. The molecule has 0 aliphatic rings. The molecule has 0 atom stereocenters. The Morgan fingerprint density at radius 2 is 1.26 bits per heavy atom. The van der Waals surface area contributed by atoms with E-state index in [4.69, 9.17) is 0 Å². The predicted octanol–water partition coefficient (Wildman–Crippen LogP) is 7.26. The van der Waals surface area contributed by atoms with Gasteiger partial charge in [0, 0.05) is 0 Å². The molecule has 0 spiro atoms. The Labute approximate surface area is 215 Å². The maximum absolute atomic E-state index is 9.54. The van der Waals surface area contributed by atoms with Gasteiger partial charge in [-0.05, 0) is 0 Å². The van der Waals surface area contributed by atoms with Gasteiger partial charge in [-0.15, -0.1) is 0 Å². The van der Waals surface area contributed by atoms with Gasteiger partial charge in [-0.2, -0.15) is 0 Å². The van der Waals surface area contributed by atoms with E-state index in [0.717, 1.165) is 24.6 Å². The predicted molar refractivity (Wildman–Crippen MR) is 155 cm³/mol. The Morgan fingerprint density at radius 1 is 0.743 bits per heavy atom. The second-order valence-electron chi connectivity index (χ2n) is 9.02. The third-order valence-corrected chi connectivity index (χ3v) is 16.4. The third kappa shape index (κ3) is 3.92. The molecule has 0 aliphatic heterocycles. The van der Waals surface area contributed by atoms with E-state index in [2.05, 4.69) is 136 Å². The molecule has 0 aliphatic carbocycles. The Hall–Kier alpha value is -3.18. The second kappa shape index (κ2) is 9.46. The van der Waals surface area contributed by atoms with Gasteiger partial charge in [-0.1, -0.05) is 0 Å². The number of benzene rings is 4. The number of hydrogen-bond acceptors (Lipinski definition) is 1. The summed E-state index contributed by atoms with van der Waals surface area (Å²) in [5.74, 6) is 0. The number of halogens is 1. The van der Waals surface area contributed by atoms with Crippen LogP contribution in [0.2, 0.25) is 0 Å². The number of aromatic nitrogens is 1. The number of nitriles is 1. The molecule has 0 amide bonds. The van der Waals surface area contributed by atoms with Crippen LogP contribution in [-0.4, -0.2) is 4.57 Å². The van der Waals surface area contributed by atoms with Gasteiger partial charge >= 0.3 is 216 Å². The average molecular weight is 539 g/mol. The zero-order valence-electron chi connectivity index (χ0n) is 19.8. The SMILES string of the molecule is CCCn1c(CP(Br)(c2ccccc2)(c2ccccc2)c2ccccc2)cc2ccc(C#N)cc21. The van der Waals surface area contributed by atoms with Gasteiger partial charge in [0.1, 0.15) is 0 Å². The van der Waals surface area contributed by atoms with Crippen molar-refractivity contribution in [1.82, 2.24) is 4.57 Å². The molecule has 5 rings (SSSR count). The molecule has 1 heterocycles. The van der Waals surface area contributed by atoms with Gasteiger partial charge < -0.3 is 0 Å². The monoisotopic (exact) mass is 538 g/mol. The summed E-state index contributed by atoms with van der Waals surface area (Å²) in [4.78, 5) is 0. The first-order valence-corrected chi connectivity index (χ1v) is 16.4. The van der Waals surface area contributed by atoms with Crippen LogP contribution in [0.3, 0.4) is 0 Å². The molecule has 4 aromatic carbocycles. The topological polar surface area (TPSA) is 28.7 Å². The van der Waals surface area contributed by atoms with Crippen molar-refractivity contribution < 1.29 is 0 Å². The molecule has 0 fully saturated rings. The molecule has 0 N–H and O–H groups in total. The molecule has 0 radical (unpaired) electrons. The molecular formula is C31H28BrN2P. The van der Waals surface area contributed by atoms with Gasteiger partial charge in [0.2, 0.25) is 0 Å². The summed E-state index contributed by atoms with van der Waals surface area (Å²) in [5, 5.41) is 11.5. The molecule has 0 saturated heterocycles. The zero-order valence-corrected chi connectivity index (χ0v) is 22.3. The van der Waals surface area contributed by atoms with Crippen LogP contribution in [0, 0.1) is 11.3 Å². The molecule has 4 heteroatoms. The zero-order chi connectivity index (χ0) is 24.3. The summed E-state index contributed by atoms with van der Waals surface area (Å²) in [6.45, 7) is 3.12. The van der Waals surface area contributed by atoms with E-state index in [9.17, 15) is 5.26 Å². The maximum atomic E-state index is 9.54. The Kier molecular flexibility index (Phi) is 6.37. The van der Waals surface area contributed by atoms with Crippen molar-refractivity contribution in [2.24, 2.45) is 0 Å². The minimum atomic E-state index is -3.11. The van der Waals surface area contributed by atoms with Crippen LogP contribution in [0.15, 0.2) is 115 Å². The number of nitrogens with zero attached hydrogens (tertiary/aromatic N) is 2. The van der Waals surface area contributed by atoms with Crippen molar-refractivity contribution in [2.45, 2.75) is 26.1 Å². The molecule has 1 aromatic heterocycles. The number of rotatable bonds is 7. The van der Waals surface area contributed by atoms with E-state index in [1.165, 1.54) is 27.0 Å². The molecule has 174 valence electrons. The Morgan fingerprint density at radius 3 is 1.71 bits per heavy atom. The van der Waals surface area contributed by atoms with Gasteiger partial charge in [0.25, 0.3) is 0 Å². The molecule has 5 aromatic rings. The van der Waals surface area contributed by atoms with E-state index in [0.29, 0.717) is 5.56 Å². The summed E-state index contributed by atoms with van der Waals surface area (Å²) in [6.07, 6.45) is 1.86. The number of aryl methyl sites for hydroxylation is 1. The van der Waals surface area contributed by atoms with Crippen molar-refractivity contribution in [3.05, 3.63) is 127 Å². The third-order valence-electron chi connectivity index (χ3n) is 6.91. The number of hydrogen-bond donors (Lipinski definition) is 0. The molecule has 0 bridgehead atoms. The molecule has 2 nitrogen and oxygen atoms in total. The van der Waals surface area contributed by atoms with Crippen molar-refractivity contribution in [3.63, 3.8) is 0 Å². The van der Waals surface area contributed by atoms with Crippen molar-refractivity contribution in [2.75, 3.05) is 0 Å². The van der Waals surface area contributed by atoms with Gasteiger partial charge in [-0.25, -0.2) is 0 Å². The van der Waals surface area contributed by atoms with Crippen molar-refractivity contribution >= 4 is 47.6 Å². The fourth-order valence-electron chi connectivity index (χ4n) is 5.24. The van der Waals surface area contributed by atoms with E-state index in [-0.39, 0.29) is 0 Å². The van der Waals surface area contributed by atoms with Crippen LogP contribution in [-0.2, 0) is 12.7 Å². The van der Waals surface area contributed by atoms with Crippen LogP contribution in [0.1, 0.15) is 24.6 Å². The van der Waals surface area contributed by atoms with E-state index in [1.54, 1.807) is 0 Å². The summed E-state index contributed by atoms with van der Waals surface area (Å²) >= 11 is 4.59. The van der Waals surface area contributed by atoms with E-state index < -0.39 is 5.31 Å². The molecule has 35 heavy (non-hydrogen) atoms. The standard InChI is InChI=1S/C31H28BrN2P/c1-2-20-34-27(22-26-19-18-25(23-33)21-31(26)34)24-35(32,28-12-6-3-7-13-28,29-14-8-4-9-15-29)30-16-10-5-11-17-30/h3-19,21-22H,2,20,24H2,1H3. The van der Waals surface area contributed by atoms with Crippen LogP contribution in [0.5, 0.6) is 0 Å². The van der Waals surface area contributed by atoms with E-state index in [1.807, 2.05) is 12.1 Å². The van der Waals surface area contributed by atoms with Crippen LogP contribution in [0.4, 0.5) is 0 Å². The average Bonchev–Trinajstić information content (AvgIpc) is 3.26. The normalized spacial score (nSPS) is 12.7. The first-order chi connectivity index (χ1) is 17.1. The number of fused-ring (bicyclic) bond motifs is 1. The van der Waals surface area contributed by atoms with Crippen LogP contribution in [0.25, 0.3) is 10.9 Å². The molecule has 0 unspecified atom stereocenters. The van der Waals surface area contributed by atoms with Crippen molar-refractivity contribution in [1.29, 1.82) is 5.26 Å². The van der Waals surface area contributed by atoms with Gasteiger partial charge in [0.15, 0.2) is 0 Å². The Balaban J connectivity index is 1.86. The second-order valence-corrected chi connectivity index (χ2v) is 17.9. The summed E-state index contributed by atoms with van der Waals surface area (Å²) < 4.78 is 2.42. The van der Waals surface area contributed by atoms with Crippen LogP contribution >= 0.6 is 20.8 Å². The molecule has 0 saturated carbocycles.